The highest BCUT2D eigenvalue weighted by Crippen LogP contribution is 2.28. The molecule has 1 aromatic carbocycles. The van der Waals surface area contributed by atoms with E-state index in [0.717, 1.165) is 5.56 Å². The summed E-state index contributed by atoms with van der Waals surface area (Å²) in [5.74, 6) is -0.488. The van der Waals surface area contributed by atoms with Crippen LogP contribution >= 0.6 is 23.2 Å². The Labute approximate surface area is 106 Å². The van der Waals surface area contributed by atoms with Crippen molar-refractivity contribution < 1.29 is 9.53 Å². The van der Waals surface area contributed by atoms with Gasteiger partial charge in [0.25, 0.3) is 0 Å². The Morgan fingerprint density at radius 1 is 1.31 bits per heavy atom. The molecule has 1 rings (SSSR count). The lowest BCUT2D eigenvalue weighted by Crippen LogP contribution is -2.15. The second-order valence-electron chi connectivity index (χ2n) is 3.39. The number of ether oxygens (including phenoxy) is 1. The molecule has 0 radical (unpaired) electrons. The lowest BCUT2D eigenvalue weighted by molar-refractivity contribution is -0.145. The Morgan fingerprint density at radius 2 is 2.00 bits per heavy atom. The van der Waals surface area contributed by atoms with E-state index < -0.39 is 0 Å². The molecule has 0 bridgehead atoms. The van der Waals surface area contributed by atoms with Crippen LogP contribution in [0.25, 0.3) is 0 Å². The Bertz CT molecular complexity index is 377. The van der Waals surface area contributed by atoms with E-state index in [0.29, 0.717) is 23.1 Å². The second kappa shape index (κ2) is 6.12. The lowest BCUT2D eigenvalue weighted by atomic mass is 9.97. The second-order valence-corrected chi connectivity index (χ2v) is 4.20. The van der Waals surface area contributed by atoms with Gasteiger partial charge in [-0.1, -0.05) is 36.2 Å². The van der Waals surface area contributed by atoms with E-state index in [9.17, 15) is 4.79 Å². The van der Waals surface area contributed by atoms with E-state index in [-0.39, 0.29) is 11.9 Å². The van der Waals surface area contributed by atoms with Crippen molar-refractivity contribution in [2.24, 2.45) is 0 Å². The minimum atomic E-state index is -0.269. The zero-order valence-electron chi connectivity index (χ0n) is 9.30. The summed E-state index contributed by atoms with van der Waals surface area (Å²) in [6, 6.07) is 5.22. The van der Waals surface area contributed by atoms with E-state index in [1.165, 1.54) is 0 Å². The maximum absolute atomic E-state index is 11.7. The first-order valence-electron chi connectivity index (χ1n) is 5.21. The Morgan fingerprint density at radius 3 is 2.50 bits per heavy atom. The van der Waals surface area contributed by atoms with Gasteiger partial charge in [-0.2, -0.15) is 0 Å². The van der Waals surface area contributed by atoms with E-state index in [4.69, 9.17) is 27.9 Å². The molecule has 1 aromatic rings. The molecular formula is C12H14Cl2O2. The molecule has 16 heavy (non-hydrogen) atoms. The Hall–Kier alpha value is -0.730. The maximum atomic E-state index is 11.7. The van der Waals surface area contributed by atoms with E-state index in [1.54, 1.807) is 25.1 Å². The minimum Gasteiger partial charge on any atom is -0.466 e. The Balaban J connectivity index is 2.95. The molecule has 0 saturated carbocycles. The van der Waals surface area contributed by atoms with Crippen molar-refractivity contribution >= 4 is 29.2 Å². The van der Waals surface area contributed by atoms with Crippen LogP contribution in [-0.2, 0) is 9.53 Å². The summed E-state index contributed by atoms with van der Waals surface area (Å²) in [5.41, 5.74) is 0.843. The molecule has 0 heterocycles. The molecule has 0 aliphatic heterocycles. The van der Waals surface area contributed by atoms with Crippen LogP contribution in [0.2, 0.25) is 10.0 Å². The summed E-state index contributed by atoms with van der Waals surface area (Å²) in [6.45, 7) is 4.11. The SMILES string of the molecule is CCOC(=O)C(CC)c1ccc(Cl)c(Cl)c1. The third kappa shape index (κ3) is 3.13. The number of halogens is 2. The smallest absolute Gasteiger partial charge is 0.313 e. The highest BCUT2D eigenvalue weighted by molar-refractivity contribution is 6.42. The van der Waals surface area contributed by atoms with Gasteiger partial charge < -0.3 is 4.74 Å². The molecule has 2 nitrogen and oxygen atoms in total. The van der Waals surface area contributed by atoms with Crippen LogP contribution in [0.1, 0.15) is 31.7 Å². The molecule has 4 heteroatoms. The highest BCUT2D eigenvalue weighted by atomic mass is 35.5. The largest absolute Gasteiger partial charge is 0.466 e. The minimum absolute atomic E-state index is 0.219. The normalized spacial score (nSPS) is 12.2. The number of carbonyl (C=O) groups is 1. The third-order valence-electron chi connectivity index (χ3n) is 2.33. The van der Waals surface area contributed by atoms with Crippen molar-refractivity contribution in [2.75, 3.05) is 6.61 Å². The molecule has 0 aliphatic carbocycles. The van der Waals surface area contributed by atoms with E-state index >= 15 is 0 Å². The van der Waals surface area contributed by atoms with Crippen LogP contribution in [0, 0.1) is 0 Å². The molecule has 1 unspecified atom stereocenters. The summed E-state index contributed by atoms with van der Waals surface area (Å²) in [6.07, 6.45) is 0.677. The van der Waals surface area contributed by atoms with Crippen LogP contribution < -0.4 is 0 Å². The summed E-state index contributed by atoms with van der Waals surface area (Å²) in [5, 5.41) is 0.950. The van der Waals surface area contributed by atoms with Crippen molar-refractivity contribution in [1.29, 1.82) is 0 Å². The van der Waals surface area contributed by atoms with E-state index in [2.05, 4.69) is 0 Å². The predicted octanol–water partition coefficient (Wildman–Crippen LogP) is 4.05. The van der Waals surface area contributed by atoms with Gasteiger partial charge >= 0.3 is 5.97 Å². The monoisotopic (exact) mass is 260 g/mol. The van der Waals surface area contributed by atoms with Gasteiger partial charge in [-0.3, -0.25) is 4.79 Å². The molecule has 0 aromatic heterocycles. The molecule has 0 spiro atoms. The number of esters is 1. The first kappa shape index (κ1) is 13.3. The maximum Gasteiger partial charge on any atom is 0.313 e. The molecule has 0 amide bonds. The first-order valence-corrected chi connectivity index (χ1v) is 5.97. The average molecular weight is 261 g/mol. The first-order chi connectivity index (χ1) is 7.60. The number of rotatable bonds is 4. The van der Waals surface area contributed by atoms with Gasteiger partial charge in [0, 0.05) is 0 Å². The standard InChI is InChI=1S/C12H14Cl2O2/c1-3-9(12(15)16-4-2)8-5-6-10(13)11(14)7-8/h5-7,9H,3-4H2,1-2H3. The van der Waals surface area contributed by atoms with Gasteiger partial charge in [-0.25, -0.2) is 0 Å². The van der Waals surface area contributed by atoms with Crippen LogP contribution in [0.4, 0.5) is 0 Å². The number of carbonyl (C=O) groups excluding carboxylic acids is 1. The lowest BCUT2D eigenvalue weighted by Gasteiger charge is -2.14. The molecule has 88 valence electrons. The molecule has 0 fully saturated rings. The van der Waals surface area contributed by atoms with Gasteiger partial charge in [0.2, 0.25) is 0 Å². The van der Waals surface area contributed by atoms with Crippen molar-refractivity contribution in [2.45, 2.75) is 26.2 Å². The van der Waals surface area contributed by atoms with Crippen molar-refractivity contribution in [3.05, 3.63) is 33.8 Å². The number of benzene rings is 1. The highest BCUT2D eigenvalue weighted by Gasteiger charge is 2.20. The van der Waals surface area contributed by atoms with Crippen LogP contribution in [0.5, 0.6) is 0 Å². The molecule has 0 saturated heterocycles. The van der Waals surface area contributed by atoms with Gasteiger partial charge in [0.15, 0.2) is 0 Å². The van der Waals surface area contributed by atoms with Crippen LogP contribution in [0.15, 0.2) is 18.2 Å². The van der Waals surface area contributed by atoms with Crippen molar-refractivity contribution in [3.63, 3.8) is 0 Å². The zero-order chi connectivity index (χ0) is 12.1. The van der Waals surface area contributed by atoms with Crippen LogP contribution in [-0.4, -0.2) is 12.6 Å². The van der Waals surface area contributed by atoms with Crippen molar-refractivity contribution in [1.82, 2.24) is 0 Å². The zero-order valence-corrected chi connectivity index (χ0v) is 10.8. The third-order valence-corrected chi connectivity index (χ3v) is 3.06. The summed E-state index contributed by atoms with van der Waals surface area (Å²) < 4.78 is 5.00. The Kier molecular flexibility index (Phi) is 5.10. The predicted molar refractivity (Wildman–Crippen MR) is 66.1 cm³/mol. The van der Waals surface area contributed by atoms with Gasteiger partial charge in [-0.15, -0.1) is 0 Å². The molecule has 1 atom stereocenters. The summed E-state index contributed by atoms with van der Waals surface area (Å²) >= 11 is 11.7. The fourth-order valence-corrected chi connectivity index (χ4v) is 1.82. The van der Waals surface area contributed by atoms with Gasteiger partial charge in [0.05, 0.1) is 22.6 Å². The van der Waals surface area contributed by atoms with Gasteiger partial charge in [0.1, 0.15) is 0 Å². The average Bonchev–Trinajstić information content (AvgIpc) is 2.25. The number of hydrogen-bond acceptors (Lipinski definition) is 2. The number of hydrogen-bond donors (Lipinski definition) is 0. The summed E-state index contributed by atoms with van der Waals surface area (Å²) in [7, 11) is 0. The van der Waals surface area contributed by atoms with Gasteiger partial charge in [-0.05, 0) is 31.0 Å². The summed E-state index contributed by atoms with van der Waals surface area (Å²) in [4.78, 5) is 11.7. The van der Waals surface area contributed by atoms with Crippen LogP contribution in [0.3, 0.4) is 0 Å². The fourth-order valence-electron chi connectivity index (χ4n) is 1.51. The molecular weight excluding hydrogens is 247 g/mol. The molecule has 0 aliphatic rings. The topological polar surface area (TPSA) is 26.3 Å². The molecule has 0 N–H and O–H groups in total. The quantitative estimate of drug-likeness (QED) is 0.764. The van der Waals surface area contributed by atoms with E-state index in [1.807, 2.05) is 6.92 Å². The van der Waals surface area contributed by atoms with Crippen molar-refractivity contribution in [3.8, 4) is 0 Å². The fraction of sp³-hybridized carbons (Fsp3) is 0.417.